The van der Waals surface area contributed by atoms with Gasteiger partial charge in [0.1, 0.15) is 5.69 Å². The number of rotatable bonds is 5. The van der Waals surface area contributed by atoms with E-state index >= 15 is 0 Å². The maximum Gasteiger partial charge on any atom is 0.355 e. The number of benzene rings is 2. The standard InChI is InChI=1S/C20H15N3O3S/c24-10-4-5-13-8-9-15-17(11-13)23(20-21-16(12-27-20)19(25)26)22-18(15)14-6-2-1-3-7-14/h1-9,11-12,24H,10H2,(H,25,26)/b5-4+. The fraction of sp³-hybridized carbons (Fsp3) is 0.0500. The van der Waals surface area contributed by atoms with Gasteiger partial charge in [0.25, 0.3) is 0 Å². The molecule has 134 valence electrons. The van der Waals surface area contributed by atoms with E-state index in [4.69, 9.17) is 15.3 Å². The summed E-state index contributed by atoms with van der Waals surface area (Å²) in [6, 6.07) is 15.7. The highest BCUT2D eigenvalue weighted by molar-refractivity contribution is 7.12. The van der Waals surface area contributed by atoms with Gasteiger partial charge in [0, 0.05) is 16.3 Å². The number of thiazole rings is 1. The molecule has 0 atom stereocenters. The molecular weight excluding hydrogens is 362 g/mol. The molecule has 0 fully saturated rings. The zero-order valence-electron chi connectivity index (χ0n) is 14.1. The van der Waals surface area contributed by atoms with Gasteiger partial charge >= 0.3 is 5.97 Å². The third-order valence-electron chi connectivity index (χ3n) is 4.06. The number of carboxylic acid groups (broad SMARTS) is 1. The van der Waals surface area contributed by atoms with Gasteiger partial charge in [-0.15, -0.1) is 11.3 Å². The number of fused-ring (bicyclic) bond motifs is 1. The number of carbonyl (C=O) groups is 1. The van der Waals surface area contributed by atoms with Gasteiger partial charge < -0.3 is 10.2 Å². The van der Waals surface area contributed by atoms with E-state index < -0.39 is 5.97 Å². The van der Waals surface area contributed by atoms with Gasteiger partial charge in [-0.3, -0.25) is 0 Å². The molecule has 7 heteroatoms. The minimum Gasteiger partial charge on any atom is -0.476 e. The molecule has 2 aromatic heterocycles. The molecule has 0 radical (unpaired) electrons. The molecule has 4 rings (SSSR count). The summed E-state index contributed by atoms with van der Waals surface area (Å²) in [6.45, 7) is -0.0407. The number of aromatic nitrogens is 3. The van der Waals surface area contributed by atoms with Crippen LogP contribution >= 0.6 is 11.3 Å². The van der Waals surface area contributed by atoms with Crippen LogP contribution in [0.3, 0.4) is 0 Å². The number of carboxylic acids is 1. The Kier molecular flexibility index (Phi) is 4.53. The van der Waals surface area contributed by atoms with Crippen LogP contribution in [0.5, 0.6) is 0 Å². The second-order valence-electron chi connectivity index (χ2n) is 5.81. The average Bonchev–Trinajstić information content (AvgIpc) is 3.31. The summed E-state index contributed by atoms with van der Waals surface area (Å²) in [6.07, 6.45) is 3.48. The minimum absolute atomic E-state index is 0.00348. The third kappa shape index (κ3) is 3.25. The largest absolute Gasteiger partial charge is 0.476 e. The molecule has 6 nitrogen and oxygen atoms in total. The van der Waals surface area contributed by atoms with Crippen molar-refractivity contribution in [1.29, 1.82) is 0 Å². The van der Waals surface area contributed by atoms with Gasteiger partial charge in [-0.1, -0.05) is 48.6 Å². The van der Waals surface area contributed by atoms with Crippen molar-refractivity contribution in [1.82, 2.24) is 14.8 Å². The first-order valence-electron chi connectivity index (χ1n) is 8.22. The van der Waals surface area contributed by atoms with Crippen molar-refractivity contribution in [3.63, 3.8) is 0 Å². The smallest absolute Gasteiger partial charge is 0.355 e. The molecule has 0 bridgehead atoms. The van der Waals surface area contributed by atoms with Crippen molar-refractivity contribution < 1.29 is 15.0 Å². The molecule has 2 heterocycles. The predicted molar refractivity (Wildman–Crippen MR) is 105 cm³/mol. The fourth-order valence-corrected chi connectivity index (χ4v) is 3.60. The maximum absolute atomic E-state index is 11.2. The monoisotopic (exact) mass is 377 g/mol. The lowest BCUT2D eigenvalue weighted by atomic mass is 10.1. The van der Waals surface area contributed by atoms with Gasteiger partial charge in [0.15, 0.2) is 5.69 Å². The number of aromatic carboxylic acids is 1. The Balaban J connectivity index is 1.95. The Morgan fingerprint density at radius 2 is 2.00 bits per heavy atom. The van der Waals surface area contributed by atoms with E-state index in [1.165, 1.54) is 16.7 Å². The van der Waals surface area contributed by atoms with E-state index in [-0.39, 0.29) is 12.3 Å². The van der Waals surface area contributed by atoms with Crippen LogP contribution in [-0.2, 0) is 0 Å². The molecule has 0 aliphatic heterocycles. The number of nitrogens with zero attached hydrogens (tertiary/aromatic N) is 3. The first kappa shape index (κ1) is 17.1. The van der Waals surface area contributed by atoms with E-state index in [1.54, 1.807) is 10.8 Å². The van der Waals surface area contributed by atoms with Crippen molar-refractivity contribution in [3.05, 3.63) is 71.2 Å². The Labute approximate surface area is 158 Å². The Morgan fingerprint density at radius 3 is 2.70 bits per heavy atom. The molecule has 4 aromatic rings. The predicted octanol–water partition coefficient (Wildman–Crippen LogP) is 3.85. The molecule has 0 unspecified atom stereocenters. The second-order valence-corrected chi connectivity index (χ2v) is 6.64. The molecule has 0 aliphatic carbocycles. The number of hydrogen-bond donors (Lipinski definition) is 2. The summed E-state index contributed by atoms with van der Waals surface area (Å²) in [5.41, 5.74) is 3.49. The summed E-state index contributed by atoms with van der Waals surface area (Å²) < 4.78 is 1.67. The molecule has 0 aliphatic rings. The maximum atomic E-state index is 11.2. The quantitative estimate of drug-likeness (QED) is 0.551. The van der Waals surface area contributed by atoms with Gasteiger partial charge in [-0.05, 0) is 17.7 Å². The third-order valence-corrected chi connectivity index (χ3v) is 4.88. The lowest BCUT2D eigenvalue weighted by Gasteiger charge is -2.00. The fourth-order valence-electron chi connectivity index (χ4n) is 2.84. The van der Waals surface area contributed by atoms with Crippen LogP contribution in [0.2, 0.25) is 0 Å². The molecule has 2 N–H and O–H groups in total. The zero-order chi connectivity index (χ0) is 18.8. The first-order valence-corrected chi connectivity index (χ1v) is 9.10. The van der Waals surface area contributed by atoms with Gasteiger partial charge in [0.05, 0.1) is 12.1 Å². The topological polar surface area (TPSA) is 88.2 Å². The number of aliphatic hydroxyl groups is 1. The van der Waals surface area contributed by atoms with Gasteiger partial charge in [-0.2, -0.15) is 5.10 Å². The Hall–Kier alpha value is -3.29. The zero-order valence-corrected chi connectivity index (χ0v) is 14.9. The summed E-state index contributed by atoms with van der Waals surface area (Å²) in [7, 11) is 0. The van der Waals surface area contributed by atoms with E-state index in [0.717, 1.165) is 27.7 Å². The SMILES string of the molecule is O=C(O)c1csc(-n2nc(-c3ccccc3)c3ccc(/C=C/CO)cc32)n1. The van der Waals surface area contributed by atoms with Crippen molar-refractivity contribution in [3.8, 4) is 16.4 Å². The van der Waals surface area contributed by atoms with Crippen LogP contribution in [0.4, 0.5) is 0 Å². The van der Waals surface area contributed by atoms with E-state index in [9.17, 15) is 4.79 Å². The summed E-state index contributed by atoms with van der Waals surface area (Å²) in [5, 5.41) is 25.8. The first-order chi connectivity index (χ1) is 13.2. The van der Waals surface area contributed by atoms with Crippen molar-refractivity contribution in [2.45, 2.75) is 0 Å². The van der Waals surface area contributed by atoms with Crippen LogP contribution in [0.15, 0.2) is 60.0 Å². The van der Waals surface area contributed by atoms with E-state index in [1.807, 2.05) is 54.6 Å². The highest BCUT2D eigenvalue weighted by Gasteiger charge is 2.17. The van der Waals surface area contributed by atoms with Crippen molar-refractivity contribution in [2.75, 3.05) is 6.61 Å². The lowest BCUT2D eigenvalue weighted by molar-refractivity contribution is 0.0691. The van der Waals surface area contributed by atoms with Crippen LogP contribution in [0, 0.1) is 0 Å². The number of aliphatic hydroxyl groups excluding tert-OH is 1. The molecule has 0 saturated heterocycles. The normalized spacial score (nSPS) is 11.4. The number of hydrogen-bond acceptors (Lipinski definition) is 5. The van der Waals surface area contributed by atoms with Crippen LogP contribution < -0.4 is 0 Å². The van der Waals surface area contributed by atoms with E-state index in [0.29, 0.717) is 5.13 Å². The summed E-state index contributed by atoms with van der Waals surface area (Å²) in [4.78, 5) is 15.4. The van der Waals surface area contributed by atoms with Crippen molar-refractivity contribution >= 4 is 34.3 Å². The molecule has 0 spiro atoms. The van der Waals surface area contributed by atoms with Gasteiger partial charge in [-0.25, -0.2) is 14.5 Å². The molecular formula is C20H15N3O3S. The lowest BCUT2D eigenvalue weighted by Crippen LogP contribution is -2.00. The highest BCUT2D eigenvalue weighted by atomic mass is 32.1. The molecule has 2 aromatic carbocycles. The Bertz CT molecular complexity index is 1150. The average molecular weight is 377 g/mol. The van der Waals surface area contributed by atoms with Gasteiger partial charge in [0.2, 0.25) is 5.13 Å². The van der Waals surface area contributed by atoms with Crippen molar-refractivity contribution in [2.24, 2.45) is 0 Å². The van der Waals surface area contributed by atoms with Crippen LogP contribution in [0.1, 0.15) is 16.1 Å². The molecule has 27 heavy (non-hydrogen) atoms. The van der Waals surface area contributed by atoms with Crippen LogP contribution in [0.25, 0.3) is 33.4 Å². The minimum atomic E-state index is -1.07. The summed E-state index contributed by atoms with van der Waals surface area (Å²) in [5.74, 6) is -1.07. The Morgan fingerprint density at radius 1 is 1.19 bits per heavy atom. The second kappa shape index (κ2) is 7.14. The summed E-state index contributed by atoms with van der Waals surface area (Å²) >= 11 is 1.23. The van der Waals surface area contributed by atoms with E-state index in [2.05, 4.69) is 4.98 Å². The highest BCUT2D eigenvalue weighted by Crippen LogP contribution is 2.31. The molecule has 0 amide bonds. The van der Waals surface area contributed by atoms with Crippen LogP contribution in [-0.4, -0.2) is 37.6 Å². The molecule has 0 saturated carbocycles.